The first kappa shape index (κ1) is 13.0. The fourth-order valence-corrected chi connectivity index (χ4v) is 6.08. The van der Waals surface area contributed by atoms with E-state index in [1.54, 1.807) is 0 Å². The molecule has 0 N–H and O–H groups in total. The summed E-state index contributed by atoms with van der Waals surface area (Å²) in [5.41, 5.74) is 0. The van der Waals surface area contributed by atoms with E-state index in [4.69, 9.17) is 12.2 Å². The van der Waals surface area contributed by atoms with Crippen molar-refractivity contribution in [2.24, 2.45) is 5.92 Å². The third kappa shape index (κ3) is 2.86. The number of rotatable bonds is 3. The van der Waals surface area contributed by atoms with E-state index < -0.39 is 8.07 Å². The van der Waals surface area contributed by atoms with E-state index in [1.807, 2.05) is 0 Å². The van der Waals surface area contributed by atoms with E-state index in [2.05, 4.69) is 43.4 Å². The van der Waals surface area contributed by atoms with Crippen LogP contribution in [0.2, 0.25) is 13.1 Å². The van der Waals surface area contributed by atoms with Gasteiger partial charge in [-0.15, -0.1) is 0 Å². The average molecular weight is 262 g/mol. The molecule has 0 atom stereocenters. The van der Waals surface area contributed by atoms with Crippen LogP contribution in [0.15, 0.2) is 30.3 Å². The lowest BCUT2D eigenvalue weighted by molar-refractivity contribution is 0.445. The van der Waals surface area contributed by atoms with Crippen LogP contribution in [-0.2, 0) is 0 Å². The molecule has 2 rings (SSSR count). The van der Waals surface area contributed by atoms with Crippen LogP contribution >= 0.6 is 12.2 Å². The van der Waals surface area contributed by atoms with Crippen molar-refractivity contribution in [3.63, 3.8) is 0 Å². The molecule has 0 bridgehead atoms. The van der Waals surface area contributed by atoms with Crippen LogP contribution in [0.25, 0.3) is 0 Å². The van der Waals surface area contributed by atoms with E-state index in [9.17, 15) is 0 Å². The molecule has 0 amide bonds. The maximum Gasteiger partial charge on any atom is 0.121 e. The van der Waals surface area contributed by atoms with Crippen molar-refractivity contribution in [2.45, 2.75) is 45.2 Å². The SMILES string of the molecule is C[Si](C)(C(=S)C1CCCCC1)c1ccccc1. The van der Waals surface area contributed by atoms with Gasteiger partial charge in [0.25, 0.3) is 0 Å². The first-order valence-corrected chi connectivity index (χ1v) is 10.1. The summed E-state index contributed by atoms with van der Waals surface area (Å²) in [6.07, 6.45) is 6.84. The Balaban J connectivity index is 2.17. The third-order valence-electron chi connectivity index (χ3n) is 4.09. The van der Waals surface area contributed by atoms with Gasteiger partial charge in [0.1, 0.15) is 8.07 Å². The third-order valence-corrected chi connectivity index (χ3v) is 9.37. The van der Waals surface area contributed by atoms with Gasteiger partial charge in [-0.05, 0) is 23.2 Å². The quantitative estimate of drug-likeness (QED) is 0.584. The summed E-state index contributed by atoms with van der Waals surface area (Å²) < 4.78 is 1.41. The lowest BCUT2D eigenvalue weighted by atomic mass is 9.91. The molecular weight excluding hydrogens is 240 g/mol. The summed E-state index contributed by atoms with van der Waals surface area (Å²) in [6.45, 7) is 4.83. The number of benzene rings is 1. The van der Waals surface area contributed by atoms with Gasteiger partial charge in [0, 0.05) is 0 Å². The molecule has 0 unspecified atom stereocenters. The van der Waals surface area contributed by atoms with Gasteiger partial charge in [0.15, 0.2) is 0 Å². The maximum atomic E-state index is 5.85. The summed E-state index contributed by atoms with van der Waals surface area (Å²) >= 11 is 5.85. The second kappa shape index (κ2) is 5.45. The predicted octanol–water partition coefficient (Wildman–Crippen LogP) is 4.09. The Morgan fingerprint density at radius 3 is 2.24 bits per heavy atom. The van der Waals surface area contributed by atoms with Gasteiger partial charge >= 0.3 is 0 Å². The summed E-state index contributed by atoms with van der Waals surface area (Å²) in [7, 11) is -1.54. The minimum Gasteiger partial charge on any atom is -0.0939 e. The topological polar surface area (TPSA) is 0 Å². The highest BCUT2D eigenvalue weighted by atomic mass is 32.1. The van der Waals surface area contributed by atoms with Crippen molar-refractivity contribution in [3.8, 4) is 0 Å². The maximum absolute atomic E-state index is 5.85. The highest BCUT2D eigenvalue weighted by Crippen LogP contribution is 2.28. The molecule has 1 saturated carbocycles. The Kier molecular flexibility index (Phi) is 4.16. The monoisotopic (exact) mass is 262 g/mol. The van der Waals surface area contributed by atoms with Crippen molar-refractivity contribution in [1.29, 1.82) is 0 Å². The molecule has 1 aliphatic carbocycles. The lowest BCUT2D eigenvalue weighted by Gasteiger charge is -2.32. The van der Waals surface area contributed by atoms with E-state index in [0.29, 0.717) is 0 Å². The molecule has 92 valence electrons. The van der Waals surface area contributed by atoms with Crippen LogP contribution in [0.4, 0.5) is 0 Å². The van der Waals surface area contributed by atoms with E-state index in [1.165, 1.54) is 41.8 Å². The minimum absolute atomic E-state index is 0.723. The van der Waals surface area contributed by atoms with Crippen molar-refractivity contribution in [2.75, 3.05) is 0 Å². The molecule has 2 heteroatoms. The molecule has 1 aliphatic rings. The fourth-order valence-electron chi connectivity index (χ4n) is 2.87. The smallest absolute Gasteiger partial charge is 0.0939 e. The van der Waals surface area contributed by atoms with Crippen LogP contribution in [-0.4, -0.2) is 12.6 Å². The zero-order chi connectivity index (χ0) is 12.3. The Hall–Kier alpha value is -0.473. The van der Waals surface area contributed by atoms with Crippen molar-refractivity contribution >= 4 is 30.0 Å². The molecular formula is C15H22SSi. The second-order valence-electron chi connectivity index (χ2n) is 5.69. The molecule has 1 aromatic rings. The van der Waals surface area contributed by atoms with Crippen molar-refractivity contribution in [3.05, 3.63) is 30.3 Å². The summed E-state index contributed by atoms with van der Waals surface area (Å²) in [5, 5.41) is 1.50. The molecule has 0 heterocycles. The molecule has 1 aromatic carbocycles. The first-order valence-electron chi connectivity index (χ1n) is 6.72. The Bertz CT molecular complexity index is 377. The largest absolute Gasteiger partial charge is 0.121 e. The van der Waals surface area contributed by atoms with Crippen molar-refractivity contribution in [1.82, 2.24) is 0 Å². The number of hydrogen-bond donors (Lipinski definition) is 0. The number of thiocarbonyl (C=S) groups is 1. The Labute approximate surface area is 111 Å². The van der Waals surface area contributed by atoms with Crippen LogP contribution in [0, 0.1) is 5.92 Å². The highest BCUT2D eigenvalue weighted by Gasteiger charge is 2.33. The van der Waals surface area contributed by atoms with Gasteiger partial charge in [0.05, 0.1) is 0 Å². The summed E-state index contributed by atoms with van der Waals surface area (Å²) in [5.74, 6) is 0.723. The van der Waals surface area contributed by atoms with Crippen molar-refractivity contribution < 1.29 is 0 Å². The van der Waals surface area contributed by atoms with Crippen LogP contribution in [0.1, 0.15) is 32.1 Å². The van der Waals surface area contributed by atoms with Gasteiger partial charge in [-0.2, -0.15) is 0 Å². The summed E-state index contributed by atoms with van der Waals surface area (Å²) in [4.78, 5) is 0. The average Bonchev–Trinajstić information content (AvgIpc) is 2.40. The normalized spacial score (nSPS) is 18.0. The van der Waals surface area contributed by atoms with Crippen LogP contribution in [0.3, 0.4) is 0 Å². The predicted molar refractivity (Wildman–Crippen MR) is 82.7 cm³/mol. The van der Waals surface area contributed by atoms with Crippen LogP contribution < -0.4 is 5.19 Å². The molecule has 0 spiro atoms. The first-order chi connectivity index (χ1) is 8.12. The Morgan fingerprint density at radius 1 is 1.06 bits per heavy atom. The van der Waals surface area contributed by atoms with Gasteiger partial charge in [0.2, 0.25) is 0 Å². The molecule has 1 fully saturated rings. The van der Waals surface area contributed by atoms with E-state index in [0.717, 1.165) is 5.92 Å². The standard InChI is InChI=1S/C15H22SSi/c1-17(2,14-11-7-4-8-12-14)15(16)13-9-5-3-6-10-13/h4,7-8,11-13H,3,5-6,9-10H2,1-2H3. The van der Waals surface area contributed by atoms with Crippen LogP contribution in [0.5, 0.6) is 0 Å². The fraction of sp³-hybridized carbons (Fsp3) is 0.533. The second-order valence-corrected chi connectivity index (χ2v) is 10.9. The highest BCUT2D eigenvalue weighted by molar-refractivity contribution is 7.85. The molecule has 0 saturated heterocycles. The number of hydrogen-bond acceptors (Lipinski definition) is 1. The molecule has 0 nitrogen and oxygen atoms in total. The molecule has 0 aliphatic heterocycles. The lowest BCUT2D eigenvalue weighted by Crippen LogP contribution is -2.51. The Morgan fingerprint density at radius 2 is 1.65 bits per heavy atom. The zero-order valence-electron chi connectivity index (χ0n) is 10.9. The zero-order valence-corrected chi connectivity index (χ0v) is 12.7. The molecule has 17 heavy (non-hydrogen) atoms. The van der Waals surface area contributed by atoms with Gasteiger partial charge in [-0.1, -0.05) is 80.1 Å². The summed E-state index contributed by atoms with van der Waals surface area (Å²) in [6, 6.07) is 10.9. The van der Waals surface area contributed by atoms with E-state index >= 15 is 0 Å². The molecule has 0 aromatic heterocycles. The van der Waals surface area contributed by atoms with Gasteiger partial charge in [-0.25, -0.2) is 0 Å². The minimum atomic E-state index is -1.54. The van der Waals surface area contributed by atoms with E-state index in [-0.39, 0.29) is 0 Å². The molecule has 0 radical (unpaired) electrons. The van der Waals surface area contributed by atoms with Gasteiger partial charge < -0.3 is 0 Å². The van der Waals surface area contributed by atoms with Gasteiger partial charge in [-0.3, -0.25) is 0 Å².